The molecule has 0 aliphatic heterocycles. The van der Waals surface area contributed by atoms with Crippen molar-refractivity contribution in [2.75, 3.05) is 0 Å². The number of aryl methyl sites for hydroxylation is 1. The summed E-state index contributed by atoms with van der Waals surface area (Å²) >= 11 is 0. The average molecular weight is 443 g/mol. The second-order valence-electron chi connectivity index (χ2n) is 7.41. The van der Waals surface area contributed by atoms with E-state index in [1.165, 1.54) is 12.1 Å². The highest BCUT2D eigenvalue weighted by Gasteiger charge is 2.19. The Kier molecular flexibility index (Phi) is 5.81. The van der Waals surface area contributed by atoms with Crippen LogP contribution in [0.3, 0.4) is 0 Å². The van der Waals surface area contributed by atoms with E-state index >= 15 is 0 Å². The van der Waals surface area contributed by atoms with Gasteiger partial charge >= 0.3 is 0 Å². The van der Waals surface area contributed by atoms with Gasteiger partial charge < -0.3 is 0 Å². The molecule has 10 heteroatoms. The molecule has 0 saturated carbocycles. The minimum absolute atomic E-state index is 0.0478. The smallest absolute Gasteiger partial charge is 0.272 e. The van der Waals surface area contributed by atoms with Gasteiger partial charge in [-0.15, -0.1) is 0 Å². The lowest BCUT2D eigenvalue weighted by molar-refractivity contribution is -0.384. The number of rotatable bonds is 6. The molecule has 0 bridgehead atoms. The van der Waals surface area contributed by atoms with Gasteiger partial charge in [0.2, 0.25) is 0 Å². The van der Waals surface area contributed by atoms with Crippen LogP contribution in [0.15, 0.2) is 65.8 Å². The fourth-order valence-electron chi connectivity index (χ4n) is 3.50. The van der Waals surface area contributed by atoms with Crippen LogP contribution in [0.2, 0.25) is 0 Å². The highest BCUT2D eigenvalue weighted by Crippen LogP contribution is 2.27. The van der Waals surface area contributed by atoms with E-state index in [0.29, 0.717) is 17.0 Å². The third-order valence-corrected chi connectivity index (χ3v) is 5.17. The molecule has 166 valence electrons. The molecular formula is C23H21N7O3. The molecule has 4 aromatic rings. The molecule has 2 aromatic heterocycles. The summed E-state index contributed by atoms with van der Waals surface area (Å²) in [7, 11) is 0. The number of aromatic amines is 1. The number of benzene rings is 2. The van der Waals surface area contributed by atoms with Gasteiger partial charge in [-0.2, -0.15) is 15.3 Å². The first-order chi connectivity index (χ1) is 15.8. The number of nitro groups is 1. The Morgan fingerprint density at radius 3 is 2.61 bits per heavy atom. The monoisotopic (exact) mass is 443 g/mol. The predicted octanol–water partition coefficient (Wildman–Crippen LogP) is 3.94. The SMILES string of the molecule is C/C(=N\NC(=O)c1cc(-c2c(C)nn(-c3ccccc3)c2C)n[nH]1)c1cccc([N+](=O)[O-])c1. The van der Waals surface area contributed by atoms with Crippen molar-refractivity contribution >= 4 is 17.3 Å². The Morgan fingerprint density at radius 1 is 1.12 bits per heavy atom. The number of non-ortho nitro benzene ring substituents is 1. The Morgan fingerprint density at radius 2 is 1.88 bits per heavy atom. The van der Waals surface area contributed by atoms with Crippen molar-refractivity contribution in [2.45, 2.75) is 20.8 Å². The van der Waals surface area contributed by atoms with Crippen LogP contribution in [0, 0.1) is 24.0 Å². The number of hydrogen-bond acceptors (Lipinski definition) is 6. The molecule has 33 heavy (non-hydrogen) atoms. The van der Waals surface area contributed by atoms with Gasteiger partial charge in [-0.25, -0.2) is 10.1 Å². The Bertz CT molecular complexity index is 1370. The van der Waals surface area contributed by atoms with Crippen LogP contribution in [0.25, 0.3) is 16.9 Å². The summed E-state index contributed by atoms with van der Waals surface area (Å²) in [6.07, 6.45) is 0. The summed E-state index contributed by atoms with van der Waals surface area (Å²) in [6, 6.07) is 17.4. The van der Waals surface area contributed by atoms with Gasteiger partial charge in [-0.1, -0.05) is 30.3 Å². The van der Waals surface area contributed by atoms with E-state index in [2.05, 4.69) is 25.8 Å². The number of nitrogens with zero attached hydrogens (tertiary/aromatic N) is 5. The van der Waals surface area contributed by atoms with Crippen LogP contribution in [0.5, 0.6) is 0 Å². The summed E-state index contributed by atoms with van der Waals surface area (Å²) in [6.45, 7) is 5.49. The lowest BCUT2D eigenvalue weighted by Gasteiger charge is -2.04. The van der Waals surface area contributed by atoms with Crippen LogP contribution in [0.1, 0.15) is 34.4 Å². The maximum Gasteiger partial charge on any atom is 0.289 e. The van der Waals surface area contributed by atoms with E-state index < -0.39 is 10.8 Å². The molecule has 0 radical (unpaired) electrons. The highest BCUT2D eigenvalue weighted by atomic mass is 16.6. The molecule has 2 aromatic carbocycles. The van der Waals surface area contributed by atoms with Crippen molar-refractivity contribution < 1.29 is 9.72 Å². The molecule has 0 saturated heterocycles. The molecule has 0 spiro atoms. The van der Waals surface area contributed by atoms with Gasteiger partial charge in [-0.05, 0) is 39.0 Å². The number of hydrogen-bond donors (Lipinski definition) is 2. The van der Waals surface area contributed by atoms with Gasteiger partial charge in [-0.3, -0.25) is 20.0 Å². The zero-order valence-electron chi connectivity index (χ0n) is 18.2. The number of nitrogens with one attached hydrogen (secondary N) is 2. The fourth-order valence-corrected chi connectivity index (χ4v) is 3.50. The number of para-hydroxylation sites is 1. The van der Waals surface area contributed by atoms with E-state index in [1.54, 1.807) is 25.1 Å². The molecule has 0 unspecified atom stereocenters. The predicted molar refractivity (Wildman–Crippen MR) is 123 cm³/mol. The largest absolute Gasteiger partial charge is 0.289 e. The van der Waals surface area contributed by atoms with Crippen LogP contribution in [0.4, 0.5) is 5.69 Å². The average Bonchev–Trinajstić information content (AvgIpc) is 3.42. The van der Waals surface area contributed by atoms with E-state index in [4.69, 9.17) is 0 Å². The molecule has 0 fully saturated rings. The van der Waals surface area contributed by atoms with Gasteiger partial charge in [0.05, 0.1) is 33.4 Å². The highest BCUT2D eigenvalue weighted by molar-refractivity contribution is 6.01. The first kappa shape index (κ1) is 21.6. The lowest BCUT2D eigenvalue weighted by atomic mass is 10.1. The van der Waals surface area contributed by atoms with Crippen molar-refractivity contribution in [3.05, 3.63) is 93.4 Å². The first-order valence-electron chi connectivity index (χ1n) is 10.1. The third kappa shape index (κ3) is 4.40. The van der Waals surface area contributed by atoms with E-state index in [9.17, 15) is 14.9 Å². The van der Waals surface area contributed by atoms with Crippen molar-refractivity contribution in [1.29, 1.82) is 0 Å². The molecular weight excluding hydrogens is 422 g/mol. The number of nitro benzene ring substituents is 1. The Hall–Kier alpha value is -4.60. The quantitative estimate of drug-likeness (QED) is 0.265. The molecule has 4 rings (SSSR count). The standard InChI is InChI=1S/C23H21N7O3/c1-14(17-8-7-11-19(12-17)30(32)33)24-27-23(31)21-13-20(25-26-21)22-15(2)28-29(16(22)3)18-9-5-4-6-10-18/h4-13H,1-3H3,(H,25,26)(H,27,31)/b24-14+. The molecule has 2 N–H and O–H groups in total. The first-order valence-corrected chi connectivity index (χ1v) is 10.1. The maximum absolute atomic E-state index is 12.6. The van der Waals surface area contributed by atoms with Crippen molar-refractivity contribution in [3.8, 4) is 16.9 Å². The summed E-state index contributed by atoms with van der Waals surface area (Å²) in [5, 5.41) is 26.7. The number of H-pyrrole nitrogens is 1. The van der Waals surface area contributed by atoms with Crippen LogP contribution < -0.4 is 5.43 Å². The van der Waals surface area contributed by atoms with Crippen LogP contribution >= 0.6 is 0 Å². The second kappa shape index (κ2) is 8.87. The third-order valence-electron chi connectivity index (χ3n) is 5.17. The van der Waals surface area contributed by atoms with Gasteiger partial charge in [0.1, 0.15) is 5.69 Å². The lowest BCUT2D eigenvalue weighted by Crippen LogP contribution is -2.19. The molecule has 10 nitrogen and oxygen atoms in total. The van der Waals surface area contributed by atoms with Gasteiger partial charge in [0.25, 0.3) is 11.6 Å². The summed E-state index contributed by atoms with van der Waals surface area (Å²) in [5.41, 5.74) is 7.66. The minimum Gasteiger partial charge on any atom is -0.272 e. The summed E-state index contributed by atoms with van der Waals surface area (Å²) in [5.74, 6) is -0.482. The molecule has 0 aliphatic rings. The normalized spacial score (nSPS) is 11.4. The molecule has 0 aliphatic carbocycles. The number of hydrazone groups is 1. The van der Waals surface area contributed by atoms with Crippen molar-refractivity contribution in [3.63, 3.8) is 0 Å². The van der Waals surface area contributed by atoms with Gasteiger partial charge in [0.15, 0.2) is 0 Å². The van der Waals surface area contributed by atoms with E-state index in [1.807, 2.05) is 48.9 Å². The van der Waals surface area contributed by atoms with E-state index in [-0.39, 0.29) is 11.4 Å². The fraction of sp³-hybridized carbons (Fsp3) is 0.130. The van der Waals surface area contributed by atoms with E-state index in [0.717, 1.165) is 22.6 Å². The Labute approximate surface area is 189 Å². The number of aromatic nitrogens is 4. The topological polar surface area (TPSA) is 131 Å². The zero-order valence-corrected chi connectivity index (χ0v) is 18.2. The number of carbonyl (C=O) groups is 1. The molecule has 0 atom stereocenters. The number of amides is 1. The van der Waals surface area contributed by atoms with Crippen molar-refractivity contribution in [1.82, 2.24) is 25.4 Å². The minimum atomic E-state index is -0.482. The van der Waals surface area contributed by atoms with Crippen LogP contribution in [-0.4, -0.2) is 36.5 Å². The maximum atomic E-state index is 12.6. The van der Waals surface area contributed by atoms with Crippen LogP contribution in [-0.2, 0) is 0 Å². The molecule has 1 amide bonds. The Balaban J connectivity index is 1.54. The summed E-state index contributed by atoms with van der Waals surface area (Å²) in [4.78, 5) is 23.1. The molecule has 2 heterocycles. The van der Waals surface area contributed by atoms with Crippen molar-refractivity contribution in [2.24, 2.45) is 5.10 Å². The summed E-state index contributed by atoms with van der Waals surface area (Å²) < 4.78 is 1.84. The van der Waals surface area contributed by atoms with Gasteiger partial charge in [0, 0.05) is 23.3 Å². The number of carbonyl (C=O) groups excluding carboxylic acids is 1. The zero-order chi connectivity index (χ0) is 23.5. The second-order valence-corrected chi connectivity index (χ2v) is 7.41.